The van der Waals surface area contributed by atoms with E-state index >= 15 is 0 Å². The summed E-state index contributed by atoms with van der Waals surface area (Å²) in [5.74, 6) is 0.516. The second-order valence-electron chi connectivity index (χ2n) is 5.74. The first-order valence-corrected chi connectivity index (χ1v) is 7.50. The lowest BCUT2D eigenvalue weighted by molar-refractivity contribution is -0.140. The largest absolute Gasteiger partial charge is 0.492 e. The summed E-state index contributed by atoms with van der Waals surface area (Å²) >= 11 is 0. The van der Waals surface area contributed by atoms with Crippen LogP contribution in [0, 0.1) is 11.8 Å². The predicted molar refractivity (Wildman–Crippen MR) is 78.5 cm³/mol. The second-order valence-corrected chi connectivity index (χ2v) is 5.74. The van der Waals surface area contributed by atoms with Crippen LogP contribution in [0.5, 0.6) is 5.75 Å². The van der Waals surface area contributed by atoms with E-state index in [1.165, 1.54) is 4.90 Å². The molecule has 1 aliphatic heterocycles. The van der Waals surface area contributed by atoms with Crippen LogP contribution in [-0.2, 0) is 9.59 Å². The summed E-state index contributed by atoms with van der Waals surface area (Å²) in [6, 6.07) is 7.08. The fourth-order valence-electron chi connectivity index (χ4n) is 3.27. The van der Waals surface area contributed by atoms with E-state index < -0.39 is 0 Å². The number of carbonyl (C=O) groups is 2. The molecular weight excluding hydrogens is 268 g/mol. The molecule has 112 valence electrons. The molecule has 2 N–H and O–H groups in total. The highest BCUT2D eigenvalue weighted by molar-refractivity contribution is 6.05. The fourth-order valence-corrected chi connectivity index (χ4v) is 3.27. The molecule has 1 saturated carbocycles. The minimum Gasteiger partial charge on any atom is -0.492 e. The molecule has 5 heteroatoms. The summed E-state index contributed by atoms with van der Waals surface area (Å²) in [5.41, 5.74) is 6.28. The van der Waals surface area contributed by atoms with Gasteiger partial charge in [-0.1, -0.05) is 12.8 Å². The van der Waals surface area contributed by atoms with Gasteiger partial charge >= 0.3 is 0 Å². The number of imide groups is 1. The average molecular weight is 288 g/mol. The van der Waals surface area contributed by atoms with Crippen molar-refractivity contribution in [1.82, 2.24) is 4.90 Å². The number of hydrogen-bond acceptors (Lipinski definition) is 4. The minimum absolute atomic E-state index is 0.00870. The van der Waals surface area contributed by atoms with Gasteiger partial charge in [0.1, 0.15) is 12.4 Å². The second kappa shape index (κ2) is 5.76. The Bertz CT molecular complexity index is 517. The standard InChI is InChI=1S/C16H20N2O3/c17-11-5-7-12(8-6-11)21-10-9-18-15(19)13-3-1-2-4-14(13)16(18)20/h5-8,13-14H,1-4,9-10,17H2. The molecule has 2 fully saturated rings. The monoisotopic (exact) mass is 288 g/mol. The van der Waals surface area contributed by atoms with Gasteiger partial charge in [0.25, 0.3) is 0 Å². The van der Waals surface area contributed by atoms with E-state index in [-0.39, 0.29) is 23.7 Å². The van der Waals surface area contributed by atoms with Crippen molar-refractivity contribution in [3.05, 3.63) is 24.3 Å². The summed E-state index contributed by atoms with van der Waals surface area (Å²) < 4.78 is 5.57. The number of anilines is 1. The molecule has 2 amide bonds. The molecule has 2 atom stereocenters. The Labute approximate surface area is 124 Å². The third-order valence-electron chi connectivity index (χ3n) is 4.40. The van der Waals surface area contributed by atoms with Gasteiger partial charge in [-0.3, -0.25) is 14.5 Å². The van der Waals surface area contributed by atoms with E-state index in [0.717, 1.165) is 25.7 Å². The van der Waals surface area contributed by atoms with E-state index in [2.05, 4.69) is 0 Å². The Morgan fingerprint density at radius 3 is 2.19 bits per heavy atom. The maximum absolute atomic E-state index is 12.3. The zero-order chi connectivity index (χ0) is 14.8. The molecule has 0 radical (unpaired) electrons. The van der Waals surface area contributed by atoms with Crippen LogP contribution in [0.2, 0.25) is 0 Å². The Kier molecular flexibility index (Phi) is 3.82. The number of hydrogen-bond donors (Lipinski definition) is 1. The molecular formula is C16H20N2O3. The third kappa shape index (κ3) is 2.73. The van der Waals surface area contributed by atoms with Crippen molar-refractivity contribution in [2.45, 2.75) is 25.7 Å². The van der Waals surface area contributed by atoms with Crippen molar-refractivity contribution < 1.29 is 14.3 Å². The molecule has 0 aromatic heterocycles. The molecule has 21 heavy (non-hydrogen) atoms. The van der Waals surface area contributed by atoms with E-state index in [0.29, 0.717) is 24.6 Å². The van der Waals surface area contributed by atoms with Crippen molar-refractivity contribution in [1.29, 1.82) is 0 Å². The number of benzene rings is 1. The van der Waals surface area contributed by atoms with Gasteiger partial charge in [0.15, 0.2) is 0 Å². The van der Waals surface area contributed by atoms with Crippen LogP contribution in [0.4, 0.5) is 5.69 Å². The Morgan fingerprint density at radius 1 is 1.05 bits per heavy atom. The first-order valence-electron chi connectivity index (χ1n) is 7.50. The van der Waals surface area contributed by atoms with Gasteiger partial charge in [-0.25, -0.2) is 0 Å². The smallest absolute Gasteiger partial charge is 0.233 e. The zero-order valence-electron chi connectivity index (χ0n) is 12.0. The molecule has 2 unspecified atom stereocenters. The first kappa shape index (κ1) is 13.9. The van der Waals surface area contributed by atoms with Gasteiger partial charge in [-0.2, -0.15) is 0 Å². The van der Waals surface area contributed by atoms with Gasteiger partial charge in [0.05, 0.1) is 18.4 Å². The highest BCUT2D eigenvalue weighted by Crippen LogP contribution is 2.37. The maximum atomic E-state index is 12.3. The number of nitrogens with zero attached hydrogens (tertiary/aromatic N) is 1. The van der Waals surface area contributed by atoms with Crippen molar-refractivity contribution >= 4 is 17.5 Å². The van der Waals surface area contributed by atoms with E-state index in [9.17, 15) is 9.59 Å². The van der Waals surface area contributed by atoms with Crippen molar-refractivity contribution in [3.63, 3.8) is 0 Å². The van der Waals surface area contributed by atoms with Gasteiger partial charge in [-0.15, -0.1) is 0 Å². The highest BCUT2D eigenvalue weighted by Gasteiger charge is 2.47. The molecule has 1 aromatic rings. The number of ether oxygens (including phenoxy) is 1. The summed E-state index contributed by atoms with van der Waals surface area (Å²) in [7, 11) is 0. The lowest BCUT2D eigenvalue weighted by Crippen LogP contribution is -2.34. The normalized spacial score (nSPS) is 25.0. The Balaban J connectivity index is 1.56. The number of likely N-dealkylation sites (tertiary alicyclic amines) is 1. The summed E-state index contributed by atoms with van der Waals surface area (Å²) in [4.78, 5) is 25.9. The summed E-state index contributed by atoms with van der Waals surface area (Å²) in [5, 5.41) is 0. The van der Waals surface area contributed by atoms with Gasteiger partial charge in [-0.05, 0) is 37.1 Å². The molecule has 1 aliphatic carbocycles. The zero-order valence-corrected chi connectivity index (χ0v) is 12.0. The van der Waals surface area contributed by atoms with Crippen LogP contribution >= 0.6 is 0 Å². The van der Waals surface area contributed by atoms with E-state index in [1.807, 2.05) is 0 Å². The fraction of sp³-hybridized carbons (Fsp3) is 0.500. The Morgan fingerprint density at radius 2 is 1.62 bits per heavy atom. The molecule has 5 nitrogen and oxygen atoms in total. The van der Waals surface area contributed by atoms with Crippen LogP contribution in [0.3, 0.4) is 0 Å². The van der Waals surface area contributed by atoms with Crippen molar-refractivity contribution in [3.8, 4) is 5.75 Å². The van der Waals surface area contributed by atoms with Gasteiger partial charge in [0.2, 0.25) is 11.8 Å². The molecule has 0 bridgehead atoms. The molecule has 2 aliphatic rings. The van der Waals surface area contributed by atoms with Crippen LogP contribution in [0.15, 0.2) is 24.3 Å². The number of rotatable bonds is 4. The van der Waals surface area contributed by atoms with Crippen LogP contribution in [-0.4, -0.2) is 29.9 Å². The highest BCUT2D eigenvalue weighted by atomic mass is 16.5. The number of nitrogen functional groups attached to an aromatic ring is 1. The average Bonchev–Trinajstić information content (AvgIpc) is 2.75. The quantitative estimate of drug-likeness (QED) is 0.677. The number of nitrogens with two attached hydrogens (primary N) is 1. The summed E-state index contributed by atoms with van der Waals surface area (Å²) in [6.07, 6.45) is 3.81. The molecule has 3 rings (SSSR count). The molecule has 1 aromatic carbocycles. The van der Waals surface area contributed by atoms with Crippen molar-refractivity contribution in [2.24, 2.45) is 11.8 Å². The third-order valence-corrected chi connectivity index (χ3v) is 4.40. The topological polar surface area (TPSA) is 72.6 Å². The lowest BCUT2D eigenvalue weighted by atomic mass is 9.81. The Hall–Kier alpha value is -2.04. The van der Waals surface area contributed by atoms with E-state index in [1.54, 1.807) is 24.3 Å². The van der Waals surface area contributed by atoms with Crippen LogP contribution in [0.1, 0.15) is 25.7 Å². The number of carbonyl (C=O) groups excluding carboxylic acids is 2. The molecule has 1 saturated heterocycles. The number of fused-ring (bicyclic) bond motifs is 1. The van der Waals surface area contributed by atoms with Gasteiger partial charge in [0, 0.05) is 5.69 Å². The van der Waals surface area contributed by atoms with Crippen molar-refractivity contribution in [2.75, 3.05) is 18.9 Å². The molecule has 1 heterocycles. The van der Waals surface area contributed by atoms with Crippen LogP contribution < -0.4 is 10.5 Å². The van der Waals surface area contributed by atoms with Gasteiger partial charge < -0.3 is 10.5 Å². The summed E-state index contributed by atoms with van der Waals surface area (Å²) in [6.45, 7) is 0.649. The van der Waals surface area contributed by atoms with Crippen LogP contribution in [0.25, 0.3) is 0 Å². The number of amides is 2. The predicted octanol–water partition coefficient (Wildman–Crippen LogP) is 1.82. The maximum Gasteiger partial charge on any atom is 0.233 e. The van der Waals surface area contributed by atoms with E-state index in [4.69, 9.17) is 10.5 Å². The SMILES string of the molecule is Nc1ccc(OCCN2C(=O)C3CCCCC3C2=O)cc1. The molecule has 0 spiro atoms. The first-order chi connectivity index (χ1) is 10.2. The minimum atomic E-state index is -0.0808. The lowest BCUT2D eigenvalue weighted by Gasteiger charge is -2.19.